The maximum atomic E-state index is 13.3. The van der Waals surface area contributed by atoms with Crippen LogP contribution in [-0.4, -0.2) is 69.9 Å². The number of carboxylic acid groups (broad SMARTS) is 2. The molecular weight excluding hydrogens is 468 g/mol. The van der Waals surface area contributed by atoms with Crippen molar-refractivity contribution >= 4 is 11.9 Å². The number of hydrogen-bond donors (Lipinski definition) is 5. The molecule has 2 aromatic rings. The first kappa shape index (κ1) is 26.3. The summed E-state index contributed by atoms with van der Waals surface area (Å²) >= 11 is 0. The van der Waals surface area contributed by atoms with E-state index in [1.807, 2.05) is 0 Å². The molecule has 2 aromatic carbocycles. The van der Waals surface area contributed by atoms with E-state index in [0.29, 0.717) is 37.2 Å². The van der Waals surface area contributed by atoms with Crippen molar-refractivity contribution in [1.82, 2.24) is 5.32 Å². The quantitative estimate of drug-likeness (QED) is 0.377. The highest BCUT2D eigenvalue weighted by atomic mass is 19.1. The van der Waals surface area contributed by atoms with Gasteiger partial charge in [-0.25, -0.2) is 18.4 Å². The number of rotatable bonds is 6. The van der Waals surface area contributed by atoms with E-state index in [9.17, 15) is 19.0 Å². The third-order valence-electron chi connectivity index (χ3n) is 5.75. The molecule has 4 atom stereocenters. The van der Waals surface area contributed by atoms with E-state index in [4.69, 9.17) is 29.3 Å². The molecule has 0 bridgehead atoms. The lowest BCUT2D eigenvalue weighted by molar-refractivity contribution is -0.159. The monoisotopic (exact) mass is 495 g/mol. The van der Waals surface area contributed by atoms with Crippen molar-refractivity contribution in [1.29, 1.82) is 0 Å². The minimum atomic E-state index is -1.82. The Morgan fingerprint density at radius 1 is 0.829 bits per heavy atom. The highest BCUT2D eigenvalue weighted by Crippen LogP contribution is 2.30. The molecule has 35 heavy (non-hydrogen) atoms. The standard InChI is InChI=1S/C22H25F2NO4.C2H2O4/c23-15-3-7-19-13(9-15)1-5-21(28-19)17(26)11-25-12-18(27)22-6-2-14-10-16(24)4-8-20(14)29-22;3-1(4)2(5)6/h3-4,7-10,17-18,21-22,25-27H,1-2,5-6,11-12H2;(H,3,4)(H,5,6). The Hall–Kier alpha value is -3.28. The summed E-state index contributed by atoms with van der Waals surface area (Å²) in [5, 5.41) is 38.7. The van der Waals surface area contributed by atoms with E-state index in [2.05, 4.69) is 5.32 Å². The largest absolute Gasteiger partial charge is 0.487 e. The van der Waals surface area contributed by atoms with Crippen LogP contribution >= 0.6 is 0 Å². The third kappa shape index (κ3) is 7.35. The number of benzene rings is 2. The van der Waals surface area contributed by atoms with E-state index >= 15 is 0 Å². The van der Waals surface area contributed by atoms with E-state index in [1.165, 1.54) is 24.3 Å². The molecule has 4 rings (SSSR count). The van der Waals surface area contributed by atoms with Gasteiger partial charge in [0, 0.05) is 13.1 Å². The van der Waals surface area contributed by atoms with Gasteiger partial charge in [-0.3, -0.25) is 0 Å². The smallest absolute Gasteiger partial charge is 0.414 e. The van der Waals surface area contributed by atoms with Gasteiger partial charge in [-0.2, -0.15) is 0 Å². The number of ether oxygens (including phenoxy) is 2. The molecule has 2 aliphatic heterocycles. The molecule has 0 amide bonds. The van der Waals surface area contributed by atoms with Crippen LogP contribution in [0.2, 0.25) is 0 Å². The number of carboxylic acids is 2. The number of halogens is 2. The molecule has 4 unspecified atom stereocenters. The highest BCUT2D eigenvalue weighted by molar-refractivity contribution is 6.27. The minimum Gasteiger partial charge on any atom is -0.487 e. The third-order valence-corrected chi connectivity index (χ3v) is 5.75. The number of aryl methyl sites for hydroxylation is 2. The average molecular weight is 495 g/mol. The zero-order chi connectivity index (χ0) is 25.5. The van der Waals surface area contributed by atoms with Gasteiger partial charge < -0.3 is 35.2 Å². The fourth-order valence-corrected chi connectivity index (χ4v) is 3.94. The number of hydrogen-bond acceptors (Lipinski definition) is 7. The molecule has 0 fully saturated rings. The molecule has 0 saturated carbocycles. The Morgan fingerprint density at radius 2 is 1.23 bits per heavy atom. The Morgan fingerprint density at radius 3 is 1.60 bits per heavy atom. The summed E-state index contributed by atoms with van der Waals surface area (Å²) in [6, 6.07) is 8.79. The summed E-state index contributed by atoms with van der Waals surface area (Å²) in [6.45, 7) is 0.513. The second-order valence-corrected chi connectivity index (χ2v) is 8.30. The van der Waals surface area contributed by atoms with Gasteiger partial charge in [0.05, 0.1) is 0 Å². The average Bonchev–Trinajstić information content (AvgIpc) is 2.83. The first-order chi connectivity index (χ1) is 16.6. The van der Waals surface area contributed by atoms with E-state index in [1.54, 1.807) is 12.1 Å². The van der Waals surface area contributed by atoms with Crippen LogP contribution in [0.4, 0.5) is 8.78 Å². The Kier molecular flexibility index (Phi) is 8.96. The van der Waals surface area contributed by atoms with Crippen LogP contribution < -0.4 is 14.8 Å². The van der Waals surface area contributed by atoms with Gasteiger partial charge >= 0.3 is 11.9 Å². The van der Waals surface area contributed by atoms with Crippen LogP contribution in [-0.2, 0) is 22.4 Å². The lowest BCUT2D eigenvalue weighted by atomic mass is 9.98. The van der Waals surface area contributed by atoms with Crippen LogP contribution in [0.5, 0.6) is 11.5 Å². The topological polar surface area (TPSA) is 146 Å². The van der Waals surface area contributed by atoms with Gasteiger partial charge in [-0.1, -0.05) is 0 Å². The molecule has 2 heterocycles. The fourth-order valence-electron chi connectivity index (χ4n) is 3.94. The lowest BCUT2D eigenvalue weighted by Gasteiger charge is -2.31. The van der Waals surface area contributed by atoms with Crippen molar-refractivity contribution in [3.05, 3.63) is 59.2 Å². The molecule has 190 valence electrons. The summed E-state index contributed by atoms with van der Waals surface area (Å²) < 4.78 is 38.2. The Labute approximate surface area is 199 Å². The molecule has 0 radical (unpaired) electrons. The predicted octanol–water partition coefficient (Wildman–Crippen LogP) is 1.52. The van der Waals surface area contributed by atoms with Gasteiger partial charge in [0.1, 0.15) is 47.5 Å². The second kappa shape index (κ2) is 11.9. The first-order valence-corrected chi connectivity index (χ1v) is 11.1. The zero-order valence-corrected chi connectivity index (χ0v) is 18.7. The predicted molar refractivity (Wildman–Crippen MR) is 118 cm³/mol. The molecule has 0 aromatic heterocycles. The van der Waals surface area contributed by atoms with Crippen LogP contribution in [0.25, 0.3) is 0 Å². The van der Waals surface area contributed by atoms with Crippen molar-refractivity contribution < 1.29 is 48.3 Å². The van der Waals surface area contributed by atoms with Gasteiger partial charge in [0.15, 0.2) is 0 Å². The van der Waals surface area contributed by atoms with Crippen LogP contribution in [0.1, 0.15) is 24.0 Å². The number of carbonyl (C=O) groups is 2. The van der Waals surface area contributed by atoms with Crippen LogP contribution in [0, 0.1) is 11.6 Å². The number of aliphatic hydroxyl groups is 2. The summed E-state index contributed by atoms with van der Waals surface area (Å²) in [7, 11) is 0. The normalized spacial score (nSPS) is 20.0. The molecular formula is C24H27F2NO8. The summed E-state index contributed by atoms with van der Waals surface area (Å²) in [4.78, 5) is 18.2. The van der Waals surface area contributed by atoms with E-state index in [-0.39, 0.29) is 36.9 Å². The number of nitrogens with one attached hydrogen (secondary N) is 1. The molecule has 5 N–H and O–H groups in total. The lowest BCUT2D eigenvalue weighted by Crippen LogP contribution is -2.46. The van der Waals surface area contributed by atoms with Crippen LogP contribution in [0.15, 0.2) is 36.4 Å². The van der Waals surface area contributed by atoms with Gasteiger partial charge in [-0.15, -0.1) is 0 Å². The molecule has 0 aliphatic carbocycles. The summed E-state index contributed by atoms with van der Waals surface area (Å²) in [5.41, 5.74) is 1.62. The summed E-state index contributed by atoms with van der Waals surface area (Å²) in [6.07, 6.45) is 0.214. The van der Waals surface area contributed by atoms with Crippen molar-refractivity contribution in [3.8, 4) is 11.5 Å². The fraction of sp³-hybridized carbons (Fsp3) is 0.417. The molecule has 11 heteroatoms. The Bertz CT molecular complexity index is 969. The maximum Gasteiger partial charge on any atom is 0.414 e. The van der Waals surface area contributed by atoms with Crippen molar-refractivity contribution in [3.63, 3.8) is 0 Å². The van der Waals surface area contributed by atoms with Crippen molar-refractivity contribution in [2.45, 2.75) is 50.1 Å². The number of aliphatic hydroxyl groups excluding tert-OH is 2. The van der Waals surface area contributed by atoms with E-state index < -0.39 is 24.1 Å². The van der Waals surface area contributed by atoms with Gasteiger partial charge in [0.2, 0.25) is 0 Å². The second-order valence-electron chi connectivity index (χ2n) is 8.30. The highest BCUT2D eigenvalue weighted by Gasteiger charge is 2.29. The van der Waals surface area contributed by atoms with Crippen molar-refractivity contribution in [2.24, 2.45) is 0 Å². The molecule has 0 saturated heterocycles. The minimum absolute atomic E-state index is 0.257. The first-order valence-electron chi connectivity index (χ1n) is 11.1. The zero-order valence-electron chi connectivity index (χ0n) is 18.7. The SMILES string of the molecule is O=C(O)C(=O)O.OC(CNCC(O)C1CCc2cc(F)ccc2O1)C1CCc2cc(F)ccc2O1. The van der Waals surface area contributed by atoms with Crippen LogP contribution in [0.3, 0.4) is 0 Å². The molecule has 2 aliphatic rings. The van der Waals surface area contributed by atoms with Crippen molar-refractivity contribution in [2.75, 3.05) is 13.1 Å². The van der Waals surface area contributed by atoms with E-state index in [0.717, 1.165) is 11.1 Å². The van der Waals surface area contributed by atoms with Gasteiger partial charge in [0.25, 0.3) is 0 Å². The summed E-state index contributed by atoms with van der Waals surface area (Å²) in [5.74, 6) is -3.02. The number of fused-ring (bicyclic) bond motifs is 2. The molecule has 9 nitrogen and oxygen atoms in total. The maximum absolute atomic E-state index is 13.3. The van der Waals surface area contributed by atoms with Gasteiger partial charge in [-0.05, 0) is 73.2 Å². The number of aliphatic carboxylic acids is 2. The Balaban J connectivity index is 0.000000509. The molecule has 0 spiro atoms.